The Labute approximate surface area is 215 Å². The first-order valence-corrected chi connectivity index (χ1v) is 12.5. The van der Waals surface area contributed by atoms with Crippen molar-refractivity contribution >= 4 is 40.9 Å². The van der Waals surface area contributed by atoms with E-state index in [2.05, 4.69) is 25.8 Å². The number of amides is 4. The molecular weight excluding hydrogens is 468 g/mol. The number of H-pyrrole nitrogens is 1. The number of fused-ring (bicyclic) bond motifs is 1. The number of primary amides is 1. The molecule has 1 aromatic heterocycles. The van der Waals surface area contributed by atoms with Crippen molar-refractivity contribution in [1.29, 1.82) is 0 Å². The van der Waals surface area contributed by atoms with E-state index in [1.165, 1.54) is 19.3 Å². The Balaban J connectivity index is 1.24. The highest BCUT2D eigenvalue weighted by molar-refractivity contribution is 6.35. The Bertz CT molecular complexity index is 1350. The van der Waals surface area contributed by atoms with E-state index in [1.807, 2.05) is 36.5 Å². The normalized spacial score (nSPS) is 16.3. The van der Waals surface area contributed by atoms with E-state index < -0.39 is 6.03 Å². The summed E-state index contributed by atoms with van der Waals surface area (Å²) < 4.78 is 0. The first-order valence-electron chi connectivity index (χ1n) is 12.5. The molecule has 0 atom stereocenters. The Kier molecular flexibility index (Phi) is 7.04. The summed E-state index contributed by atoms with van der Waals surface area (Å²) in [5.41, 5.74) is 10.8. The number of nitrogens with two attached hydrogens (primary N) is 1. The van der Waals surface area contributed by atoms with Crippen molar-refractivity contribution in [3.05, 3.63) is 71.5 Å². The van der Waals surface area contributed by atoms with Crippen molar-refractivity contribution < 1.29 is 14.4 Å². The van der Waals surface area contributed by atoms with Crippen LogP contribution in [0, 0.1) is 0 Å². The minimum Gasteiger partial charge on any atom is -0.361 e. The Morgan fingerprint density at radius 2 is 1.78 bits per heavy atom. The van der Waals surface area contributed by atoms with Gasteiger partial charge in [0.2, 0.25) is 0 Å². The number of nitrogens with zero attached hydrogens (tertiary/aromatic N) is 1. The van der Waals surface area contributed by atoms with Gasteiger partial charge in [-0.1, -0.05) is 18.6 Å². The Morgan fingerprint density at radius 1 is 1.00 bits per heavy atom. The van der Waals surface area contributed by atoms with Gasteiger partial charge in [0.05, 0.1) is 5.57 Å². The number of rotatable bonds is 7. The number of urea groups is 1. The van der Waals surface area contributed by atoms with Crippen LogP contribution in [0.4, 0.5) is 16.2 Å². The molecule has 2 aromatic carbocycles. The summed E-state index contributed by atoms with van der Waals surface area (Å²) >= 11 is 0. The van der Waals surface area contributed by atoms with Crippen LogP contribution in [-0.2, 0) is 4.79 Å². The number of aromatic nitrogens is 1. The predicted molar refractivity (Wildman–Crippen MR) is 145 cm³/mol. The monoisotopic (exact) mass is 498 g/mol. The van der Waals surface area contributed by atoms with Crippen LogP contribution in [0.1, 0.15) is 40.9 Å². The molecule has 0 radical (unpaired) electrons. The van der Waals surface area contributed by atoms with E-state index in [0.29, 0.717) is 34.6 Å². The van der Waals surface area contributed by atoms with Gasteiger partial charge in [0, 0.05) is 47.5 Å². The molecule has 0 spiro atoms. The van der Waals surface area contributed by atoms with E-state index in [1.54, 1.807) is 24.3 Å². The highest BCUT2D eigenvalue weighted by atomic mass is 16.2. The van der Waals surface area contributed by atoms with Crippen molar-refractivity contribution in [2.75, 3.05) is 36.8 Å². The fourth-order valence-electron chi connectivity index (χ4n) is 4.80. The zero-order chi connectivity index (χ0) is 25.8. The van der Waals surface area contributed by atoms with Gasteiger partial charge in [0.1, 0.15) is 0 Å². The van der Waals surface area contributed by atoms with E-state index in [0.717, 1.165) is 36.5 Å². The first kappa shape index (κ1) is 24.3. The van der Waals surface area contributed by atoms with Crippen LogP contribution in [0.15, 0.2) is 54.7 Å². The van der Waals surface area contributed by atoms with Crippen LogP contribution in [0.2, 0.25) is 0 Å². The summed E-state index contributed by atoms with van der Waals surface area (Å²) in [5.74, 6) is -0.294. The fraction of sp³-hybridized carbons (Fsp3) is 0.250. The molecule has 190 valence electrons. The van der Waals surface area contributed by atoms with Crippen LogP contribution in [0.25, 0.3) is 22.8 Å². The molecule has 3 aromatic rings. The number of aromatic amines is 1. The van der Waals surface area contributed by atoms with Crippen LogP contribution in [-0.4, -0.2) is 53.9 Å². The minimum absolute atomic E-state index is 0.0702. The number of anilines is 2. The van der Waals surface area contributed by atoms with Gasteiger partial charge in [-0.05, 0) is 79.5 Å². The lowest BCUT2D eigenvalue weighted by atomic mass is 10.0. The molecule has 3 heterocycles. The maximum atomic E-state index is 12.6. The molecule has 4 amide bonds. The van der Waals surface area contributed by atoms with E-state index in [9.17, 15) is 14.4 Å². The average molecular weight is 499 g/mol. The van der Waals surface area contributed by atoms with Crippen LogP contribution >= 0.6 is 0 Å². The lowest BCUT2D eigenvalue weighted by molar-refractivity contribution is -0.110. The molecule has 9 nitrogen and oxygen atoms in total. The zero-order valence-corrected chi connectivity index (χ0v) is 20.5. The molecule has 0 bridgehead atoms. The van der Waals surface area contributed by atoms with Crippen molar-refractivity contribution in [3.63, 3.8) is 0 Å². The van der Waals surface area contributed by atoms with Crippen molar-refractivity contribution in [2.45, 2.75) is 19.3 Å². The summed E-state index contributed by atoms with van der Waals surface area (Å²) in [7, 11) is 0. The standard InChI is InChI=1S/C28H30N6O3/c29-28(37)32-21-8-9-25-23(15-21)24(27(36)33-25)16-22-14-20(17-31-22)18-4-6-19(7-5-18)26(35)30-10-13-34-11-2-1-3-12-34/h4-9,14-17,31H,1-3,10-13H2,(H,30,35)(H,33,36)(H3,29,32,37). The maximum absolute atomic E-state index is 12.6. The number of benzene rings is 2. The third kappa shape index (κ3) is 5.73. The second-order valence-electron chi connectivity index (χ2n) is 9.34. The lowest BCUT2D eigenvalue weighted by Crippen LogP contribution is -2.37. The minimum atomic E-state index is -0.669. The van der Waals surface area contributed by atoms with Gasteiger partial charge in [-0.25, -0.2) is 4.79 Å². The Morgan fingerprint density at radius 3 is 2.54 bits per heavy atom. The molecule has 2 aliphatic heterocycles. The summed E-state index contributed by atoms with van der Waals surface area (Å²) in [4.78, 5) is 41.9. The molecule has 1 fully saturated rings. The predicted octanol–water partition coefficient (Wildman–Crippen LogP) is 3.88. The smallest absolute Gasteiger partial charge is 0.316 e. The molecule has 5 rings (SSSR count). The SMILES string of the molecule is NC(=O)Nc1ccc2c(c1)C(=Cc1cc(-c3ccc(C(=O)NCCN4CCCCC4)cc3)c[nH]1)C(=O)N2. The summed E-state index contributed by atoms with van der Waals surface area (Å²) in [6.45, 7) is 3.76. The molecule has 1 saturated heterocycles. The molecule has 0 aliphatic carbocycles. The number of carbonyl (C=O) groups excluding carboxylic acids is 3. The molecule has 0 saturated carbocycles. The highest BCUT2D eigenvalue weighted by Gasteiger charge is 2.24. The molecule has 6 N–H and O–H groups in total. The average Bonchev–Trinajstić information content (AvgIpc) is 3.49. The van der Waals surface area contributed by atoms with Crippen molar-refractivity contribution in [1.82, 2.24) is 15.2 Å². The number of hydrogen-bond acceptors (Lipinski definition) is 4. The van der Waals surface area contributed by atoms with Crippen LogP contribution in [0.5, 0.6) is 0 Å². The maximum Gasteiger partial charge on any atom is 0.316 e. The van der Waals surface area contributed by atoms with Crippen LogP contribution in [0.3, 0.4) is 0 Å². The summed E-state index contributed by atoms with van der Waals surface area (Å²) in [6, 6.07) is 13.9. The van der Waals surface area contributed by atoms with Gasteiger partial charge in [-0.3, -0.25) is 9.59 Å². The first-order chi connectivity index (χ1) is 18.0. The quantitative estimate of drug-likeness (QED) is 0.316. The van der Waals surface area contributed by atoms with Crippen molar-refractivity contribution in [3.8, 4) is 11.1 Å². The van der Waals surface area contributed by atoms with E-state index in [-0.39, 0.29) is 11.8 Å². The van der Waals surface area contributed by atoms with E-state index in [4.69, 9.17) is 5.73 Å². The molecular formula is C28H30N6O3. The van der Waals surface area contributed by atoms with Gasteiger partial charge in [-0.15, -0.1) is 0 Å². The number of nitrogens with one attached hydrogen (secondary N) is 4. The molecule has 0 unspecified atom stereocenters. The number of piperidine rings is 1. The van der Waals surface area contributed by atoms with Crippen molar-refractivity contribution in [2.24, 2.45) is 5.73 Å². The van der Waals surface area contributed by atoms with Gasteiger partial charge in [0.15, 0.2) is 0 Å². The van der Waals surface area contributed by atoms with Gasteiger partial charge < -0.3 is 31.6 Å². The summed E-state index contributed by atoms with van der Waals surface area (Å²) in [5, 5.41) is 8.38. The second-order valence-corrected chi connectivity index (χ2v) is 9.34. The van der Waals surface area contributed by atoms with Gasteiger partial charge in [-0.2, -0.15) is 0 Å². The Hall–Kier alpha value is -4.37. The largest absolute Gasteiger partial charge is 0.361 e. The fourth-order valence-corrected chi connectivity index (χ4v) is 4.80. The number of carbonyl (C=O) groups is 3. The number of likely N-dealkylation sites (tertiary alicyclic amines) is 1. The van der Waals surface area contributed by atoms with Gasteiger partial charge in [0.25, 0.3) is 11.8 Å². The third-order valence-corrected chi connectivity index (χ3v) is 6.72. The number of hydrogen-bond donors (Lipinski definition) is 5. The topological polar surface area (TPSA) is 132 Å². The third-order valence-electron chi connectivity index (χ3n) is 6.72. The molecule has 2 aliphatic rings. The van der Waals surface area contributed by atoms with E-state index >= 15 is 0 Å². The molecule has 9 heteroatoms. The van der Waals surface area contributed by atoms with Gasteiger partial charge >= 0.3 is 6.03 Å². The second kappa shape index (κ2) is 10.7. The van der Waals surface area contributed by atoms with Crippen LogP contribution < -0.4 is 21.7 Å². The summed E-state index contributed by atoms with van der Waals surface area (Å²) in [6.07, 6.45) is 7.41. The zero-order valence-electron chi connectivity index (χ0n) is 20.5. The molecule has 37 heavy (non-hydrogen) atoms. The lowest BCUT2D eigenvalue weighted by Gasteiger charge is -2.26. The highest BCUT2D eigenvalue weighted by Crippen LogP contribution is 2.35.